The lowest BCUT2D eigenvalue weighted by atomic mass is 10.1. The van der Waals surface area contributed by atoms with Gasteiger partial charge in [0.05, 0.1) is 5.69 Å². The summed E-state index contributed by atoms with van der Waals surface area (Å²) in [6.45, 7) is 5.27. The standard InChI is InChI=1S/C14H19N3O2S/c1-10(2)6-7-16(3)13-11(4-5-12(18)19)17-8-9-20-14(17)15-13/h4-5,8-10H,6-7H2,1-3H3,(H,18,19). The van der Waals surface area contributed by atoms with Crippen molar-refractivity contribution in [2.24, 2.45) is 5.92 Å². The molecule has 0 spiro atoms. The molecule has 0 radical (unpaired) electrons. The highest BCUT2D eigenvalue weighted by Gasteiger charge is 2.15. The third-order valence-corrected chi connectivity index (χ3v) is 3.82. The van der Waals surface area contributed by atoms with E-state index in [2.05, 4.69) is 23.7 Å². The van der Waals surface area contributed by atoms with Crippen molar-refractivity contribution in [2.75, 3.05) is 18.5 Å². The predicted molar refractivity (Wildman–Crippen MR) is 82.5 cm³/mol. The van der Waals surface area contributed by atoms with Gasteiger partial charge in [0.1, 0.15) is 0 Å². The summed E-state index contributed by atoms with van der Waals surface area (Å²) in [5.41, 5.74) is 0.815. The van der Waals surface area contributed by atoms with Gasteiger partial charge in [-0.1, -0.05) is 13.8 Å². The van der Waals surface area contributed by atoms with Crippen molar-refractivity contribution in [1.29, 1.82) is 0 Å². The van der Waals surface area contributed by atoms with Gasteiger partial charge in [-0.2, -0.15) is 0 Å². The van der Waals surface area contributed by atoms with E-state index in [4.69, 9.17) is 5.11 Å². The minimum atomic E-state index is -0.953. The van der Waals surface area contributed by atoms with Crippen molar-refractivity contribution >= 4 is 34.2 Å². The molecule has 2 rings (SSSR count). The van der Waals surface area contributed by atoms with E-state index in [9.17, 15) is 4.79 Å². The zero-order valence-electron chi connectivity index (χ0n) is 11.9. The zero-order valence-corrected chi connectivity index (χ0v) is 12.7. The van der Waals surface area contributed by atoms with Gasteiger partial charge in [-0.05, 0) is 18.4 Å². The number of aromatic nitrogens is 2. The molecule has 20 heavy (non-hydrogen) atoms. The van der Waals surface area contributed by atoms with Crippen LogP contribution in [-0.2, 0) is 4.79 Å². The van der Waals surface area contributed by atoms with Gasteiger partial charge >= 0.3 is 5.97 Å². The normalized spacial score (nSPS) is 11.8. The van der Waals surface area contributed by atoms with Crippen LogP contribution in [0.3, 0.4) is 0 Å². The van der Waals surface area contributed by atoms with Crippen LogP contribution in [0.4, 0.5) is 5.82 Å². The van der Waals surface area contributed by atoms with Crippen LogP contribution in [-0.4, -0.2) is 34.1 Å². The Balaban J connectivity index is 2.33. The molecule has 0 saturated heterocycles. The quantitative estimate of drug-likeness (QED) is 0.832. The number of aliphatic carboxylic acids is 1. The van der Waals surface area contributed by atoms with E-state index < -0.39 is 5.97 Å². The lowest BCUT2D eigenvalue weighted by Gasteiger charge is -2.18. The predicted octanol–water partition coefficient (Wildman–Crippen LogP) is 2.98. The fourth-order valence-corrected chi connectivity index (χ4v) is 2.65. The first-order valence-electron chi connectivity index (χ1n) is 6.56. The van der Waals surface area contributed by atoms with Crippen molar-refractivity contribution in [3.8, 4) is 0 Å². The second-order valence-electron chi connectivity index (χ2n) is 5.15. The van der Waals surface area contributed by atoms with Gasteiger partial charge in [-0.25, -0.2) is 9.78 Å². The SMILES string of the molecule is CC(C)CCN(C)c1nc2sccn2c1C=CC(=O)O. The summed E-state index contributed by atoms with van der Waals surface area (Å²) in [4.78, 5) is 18.3. The smallest absolute Gasteiger partial charge is 0.328 e. The highest BCUT2D eigenvalue weighted by molar-refractivity contribution is 7.15. The summed E-state index contributed by atoms with van der Waals surface area (Å²) < 4.78 is 1.92. The molecule has 2 aromatic rings. The molecule has 6 heteroatoms. The van der Waals surface area contributed by atoms with Crippen molar-refractivity contribution in [3.05, 3.63) is 23.3 Å². The number of hydrogen-bond acceptors (Lipinski definition) is 4. The molecule has 0 aliphatic rings. The number of imidazole rings is 1. The molecule has 0 fully saturated rings. The third kappa shape index (κ3) is 3.19. The molecule has 0 saturated carbocycles. The second-order valence-corrected chi connectivity index (χ2v) is 6.02. The second kappa shape index (κ2) is 6.09. The Kier molecular flexibility index (Phi) is 4.44. The number of anilines is 1. The summed E-state index contributed by atoms with van der Waals surface area (Å²) in [6.07, 6.45) is 5.75. The molecular formula is C14H19N3O2S. The van der Waals surface area contributed by atoms with E-state index in [0.717, 1.165) is 35.5 Å². The number of carbonyl (C=O) groups is 1. The van der Waals surface area contributed by atoms with Crippen molar-refractivity contribution in [3.63, 3.8) is 0 Å². The zero-order chi connectivity index (χ0) is 14.7. The minimum Gasteiger partial charge on any atom is -0.478 e. The molecule has 5 nitrogen and oxygen atoms in total. The van der Waals surface area contributed by atoms with Crippen LogP contribution in [0.25, 0.3) is 11.0 Å². The number of hydrogen-bond donors (Lipinski definition) is 1. The van der Waals surface area contributed by atoms with E-state index in [1.54, 1.807) is 17.4 Å². The van der Waals surface area contributed by atoms with Gasteiger partial charge in [0.2, 0.25) is 0 Å². The van der Waals surface area contributed by atoms with E-state index in [-0.39, 0.29) is 0 Å². The number of carboxylic acid groups (broad SMARTS) is 1. The third-order valence-electron chi connectivity index (χ3n) is 3.07. The number of thiazole rings is 1. The Labute approximate surface area is 122 Å². The number of nitrogens with zero attached hydrogens (tertiary/aromatic N) is 3. The summed E-state index contributed by atoms with van der Waals surface area (Å²) in [7, 11) is 1.99. The molecule has 0 aliphatic carbocycles. The van der Waals surface area contributed by atoms with Gasteiger partial charge in [-0.3, -0.25) is 4.40 Å². The maximum Gasteiger partial charge on any atom is 0.328 e. The van der Waals surface area contributed by atoms with E-state index in [0.29, 0.717) is 5.92 Å². The lowest BCUT2D eigenvalue weighted by molar-refractivity contribution is -0.131. The molecule has 2 heterocycles. The molecule has 0 bridgehead atoms. The first kappa shape index (κ1) is 14.6. The van der Waals surface area contributed by atoms with E-state index >= 15 is 0 Å². The van der Waals surface area contributed by atoms with Gasteiger partial charge in [0, 0.05) is 31.2 Å². The first-order valence-corrected chi connectivity index (χ1v) is 7.44. The topological polar surface area (TPSA) is 57.8 Å². The molecule has 0 atom stereocenters. The average Bonchev–Trinajstić information content (AvgIpc) is 2.93. The molecule has 0 aromatic carbocycles. The molecule has 108 valence electrons. The maximum absolute atomic E-state index is 10.7. The molecule has 0 aliphatic heterocycles. The number of fused-ring (bicyclic) bond motifs is 1. The molecule has 2 aromatic heterocycles. The van der Waals surface area contributed by atoms with Crippen LogP contribution < -0.4 is 4.90 Å². The lowest BCUT2D eigenvalue weighted by Crippen LogP contribution is -2.21. The summed E-state index contributed by atoms with van der Waals surface area (Å²) in [5, 5.41) is 10.8. The fraction of sp³-hybridized carbons (Fsp3) is 0.429. The van der Waals surface area contributed by atoms with E-state index in [1.165, 1.54) is 0 Å². The Morgan fingerprint density at radius 1 is 1.60 bits per heavy atom. The average molecular weight is 293 g/mol. The van der Waals surface area contributed by atoms with Crippen LogP contribution in [0, 0.1) is 5.92 Å². The molecule has 0 amide bonds. The Morgan fingerprint density at radius 3 is 3.00 bits per heavy atom. The Bertz CT molecular complexity index is 627. The van der Waals surface area contributed by atoms with Crippen LogP contribution in [0.5, 0.6) is 0 Å². The Morgan fingerprint density at radius 2 is 2.35 bits per heavy atom. The van der Waals surface area contributed by atoms with Crippen molar-refractivity contribution in [1.82, 2.24) is 9.38 Å². The summed E-state index contributed by atoms with van der Waals surface area (Å²) >= 11 is 1.54. The largest absolute Gasteiger partial charge is 0.478 e. The molecule has 0 unspecified atom stereocenters. The highest BCUT2D eigenvalue weighted by Crippen LogP contribution is 2.25. The fourth-order valence-electron chi connectivity index (χ4n) is 1.94. The number of carboxylic acids is 1. The summed E-state index contributed by atoms with van der Waals surface area (Å²) in [6, 6.07) is 0. The van der Waals surface area contributed by atoms with Gasteiger partial charge < -0.3 is 10.0 Å². The van der Waals surface area contributed by atoms with Crippen LogP contribution >= 0.6 is 11.3 Å². The summed E-state index contributed by atoms with van der Waals surface area (Å²) in [5.74, 6) is 0.500. The van der Waals surface area contributed by atoms with E-state index in [1.807, 2.05) is 23.0 Å². The Hall–Kier alpha value is -1.82. The van der Waals surface area contributed by atoms with Crippen LogP contribution in [0.15, 0.2) is 17.7 Å². The number of rotatable bonds is 6. The van der Waals surface area contributed by atoms with Gasteiger partial charge in [-0.15, -0.1) is 11.3 Å². The van der Waals surface area contributed by atoms with Crippen LogP contribution in [0.2, 0.25) is 0 Å². The minimum absolute atomic E-state index is 0.624. The maximum atomic E-state index is 10.7. The first-order chi connectivity index (χ1) is 9.49. The molecule has 1 N–H and O–H groups in total. The van der Waals surface area contributed by atoms with Crippen molar-refractivity contribution < 1.29 is 9.90 Å². The van der Waals surface area contributed by atoms with Crippen molar-refractivity contribution in [2.45, 2.75) is 20.3 Å². The monoisotopic (exact) mass is 293 g/mol. The van der Waals surface area contributed by atoms with Crippen LogP contribution in [0.1, 0.15) is 26.0 Å². The van der Waals surface area contributed by atoms with Gasteiger partial charge in [0.15, 0.2) is 10.8 Å². The molecular weight excluding hydrogens is 274 g/mol. The van der Waals surface area contributed by atoms with Gasteiger partial charge in [0.25, 0.3) is 0 Å². The highest BCUT2D eigenvalue weighted by atomic mass is 32.1.